The maximum atomic E-state index is 14.1. The van der Waals surface area contributed by atoms with Crippen LogP contribution in [0.4, 0.5) is 14.3 Å². The molecule has 1 aliphatic rings. The molecule has 0 aliphatic carbocycles. The molecule has 208 valence electrons. The molecule has 2 heterocycles. The van der Waals surface area contributed by atoms with Crippen molar-refractivity contribution in [3.8, 4) is 5.75 Å². The van der Waals surface area contributed by atoms with Gasteiger partial charge in [0.1, 0.15) is 17.6 Å². The van der Waals surface area contributed by atoms with E-state index < -0.39 is 29.3 Å². The van der Waals surface area contributed by atoms with Gasteiger partial charge in [0, 0.05) is 35.3 Å². The number of esters is 1. The lowest BCUT2D eigenvalue weighted by Gasteiger charge is -2.26. The monoisotopic (exact) mass is 662 g/mol. The molecular formula is C26H32FIN2O7S. The van der Waals surface area contributed by atoms with E-state index in [9.17, 15) is 14.0 Å². The molecule has 0 atom stereocenters. The third-order valence-corrected chi connectivity index (χ3v) is 6.85. The lowest BCUT2D eigenvalue weighted by molar-refractivity contribution is -0.117. The van der Waals surface area contributed by atoms with Gasteiger partial charge in [-0.3, -0.25) is 4.90 Å². The zero-order chi connectivity index (χ0) is 28.1. The van der Waals surface area contributed by atoms with Gasteiger partial charge in [0.15, 0.2) is 22.4 Å². The van der Waals surface area contributed by atoms with Crippen molar-refractivity contribution < 1.29 is 37.7 Å². The third kappa shape index (κ3) is 8.45. The molecular weight excluding hydrogens is 630 g/mol. The molecule has 1 aliphatic heterocycles. The number of carbonyl (C=O) groups is 2. The number of halogens is 2. The van der Waals surface area contributed by atoms with Crippen LogP contribution in [-0.2, 0) is 25.4 Å². The first-order valence-corrected chi connectivity index (χ1v) is 13.9. The number of hydrogen-bond acceptors (Lipinski definition) is 9. The summed E-state index contributed by atoms with van der Waals surface area (Å²) in [6.07, 6.45) is 2.16. The van der Waals surface area contributed by atoms with Crippen LogP contribution in [0.1, 0.15) is 62.8 Å². The second-order valence-corrected chi connectivity index (χ2v) is 12.2. The number of carbonyl (C=O) groups excluding carboxylic acids is 2. The van der Waals surface area contributed by atoms with Gasteiger partial charge in [0.05, 0.1) is 13.7 Å². The molecule has 9 nitrogen and oxygen atoms in total. The highest BCUT2D eigenvalue weighted by molar-refractivity contribution is 14.1. The van der Waals surface area contributed by atoms with Crippen molar-refractivity contribution in [2.24, 2.45) is 0 Å². The van der Waals surface area contributed by atoms with Gasteiger partial charge < -0.3 is 23.7 Å². The Balaban J connectivity index is 1.77. The van der Waals surface area contributed by atoms with Crippen LogP contribution in [0.25, 0.3) is 0 Å². The van der Waals surface area contributed by atoms with Crippen LogP contribution in [0.2, 0.25) is 0 Å². The Hall–Kier alpha value is -2.61. The third-order valence-electron chi connectivity index (χ3n) is 5.04. The fraction of sp³-hybridized carbons (Fsp3) is 0.500. The molecule has 1 amide bonds. The minimum Gasteiger partial charge on any atom is -0.491 e. The lowest BCUT2D eigenvalue weighted by Crippen LogP contribution is -2.37. The zero-order valence-electron chi connectivity index (χ0n) is 22.3. The first-order valence-electron chi connectivity index (χ1n) is 12.0. The lowest BCUT2D eigenvalue weighted by atomic mass is 10.2. The SMILES string of the molecule is COC(=O)c1nc(N(CCC2=COC(C)(C)O2)C(=O)OC(C)(C)C)sc1CCCOc1ccc(I)cc1F. The Morgan fingerprint density at radius 2 is 1.97 bits per heavy atom. The fourth-order valence-corrected chi connectivity index (χ4v) is 4.93. The average molecular weight is 663 g/mol. The number of ether oxygens (including phenoxy) is 5. The van der Waals surface area contributed by atoms with Crippen molar-refractivity contribution in [3.05, 3.63) is 50.2 Å². The van der Waals surface area contributed by atoms with Gasteiger partial charge >= 0.3 is 12.1 Å². The summed E-state index contributed by atoms with van der Waals surface area (Å²) in [5.41, 5.74) is -0.626. The van der Waals surface area contributed by atoms with E-state index >= 15 is 0 Å². The Kier molecular flexibility index (Phi) is 9.85. The smallest absolute Gasteiger partial charge is 0.416 e. The van der Waals surface area contributed by atoms with Crippen molar-refractivity contribution >= 4 is 51.1 Å². The van der Waals surface area contributed by atoms with Crippen LogP contribution in [0.15, 0.2) is 30.2 Å². The Morgan fingerprint density at radius 1 is 1.24 bits per heavy atom. The molecule has 12 heteroatoms. The summed E-state index contributed by atoms with van der Waals surface area (Å²) in [5, 5.41) is 0.290. The number of anilines is 1. The van der Waals surface area contributed by atoms with Crippen molar-refractivity contribution in [2.45, 2.75) is 65.3 Å². The van der Waals surface area contributed by atoms with Crippen LogP contribution in [0, 0.1) is 9.39 Å². The van der Waals surface area contributed by atoms with Crippen molar-refractivity contribution in [2.75, 3.05) is 25.2 Å². The van der Waals surface area contributed by atoms with Gasteiger partial charge in [-0.15, -0.1) is 11.3 Å². The van der Waals surface area contributed by atoms with Crippen molar-refractivity contribution in [1.29, 1.82) is 0 Å². The number of methoxy groups -OCH3 is 1. The number of aryl methyl sites for hydroxylation is 1. The van der Waals surface area contributed by atoms with E-state index in [1.54, 1.807) is 46.8 Å². The number of aromatic nitrogens is 1. The van der Waals surface area contributed by atoms with E-state index in [2.05, 4.69) is 4.98 Å². The van der Waals surface area contributed by atoms with Crippen LogP contribution in [-0.4, -0.2) is 48.7 Å². The molecule has 0 spiro atoms. The quantitative estimate of drug-likeness (QED) is 0.163. The number of benzene rings is 1. The largest absolute Gasteiger partial charge is 0.491 e. The number of amides is 1. The predicted molar refractivity (Wildman–Crippen MR) is 149 cm³/mol. The molecule has 1 aromatic carbocycles. The van der Waals surface area contributed by atoms with E-state index in [0.717, 1.165) is 3.57 Å². The standard InChI is InChI=1S/C26H32FIN2O7S/c1-25(2,3)37-24(32)30(12-11-17-15-35-26(4,5)36-17)23-29-21(22(31)33-6)20(38-23)8-7-13-34-19-10-9-16(28)14-18(19)27/h9-10,14-15H,7-8,11-13H2,1-6H3. The van der Waals surface area contributed by atoms with Crippen molar-refractivity contribution in [3.63, 3.8) is 0 Å². The van der Waals surface area contributed by atoms with E-state index in [-0.39, 0.29) is 29.7 Å². The van der Waals surface area contributed by atoms with Crippen molar-refractivity contribution in [1.82, 2.24) is 4.98 Å². The second-order valence-electron chi connectivity index (χ2n) is 9.87. The molecule has 0 saturated carbocycles. The van der Waals surface area contributed by atoms with Gasteiger partial charge in [-0.25, -0.2) is 19.0 Å². The van der Waals surface area contributed by atoms with Crippen LogP contribution >= 0.6 is 33.9 Å². The van der Waals surface area contributed by atoms with Gasteiger partial charge in [-0.1, -0.05) is 0 Å². The molecule has 0 N–H and O–H groups in total. The molecule has 0 bridgehead atoms. The normalized spacial score (nSPS) is 14.3. The van der Waals surface area contributed by atoms with E-state index in [1.807, 2.05) is 22.6 Å². The summed E-state index contributed by atoms with van der Waals surface area (Å²) < 4.78 is 42.1. The van der Waals surface area contributed by atoms with Crippen LogP contribution in [0.5, 0.6) is 5.75 Å². The van der Waals surface area contributed by atoms with Gasteiger partial charge in [0.25, 0.3) is 0 Å². The first kappa shape index (κ1) is 29.9. The summed E-state index contributed by atoms with van der Waals surface area (Å²) in [6, 6.07) is 4.73. The molecule has 1 aromatic heterocycles. The predicted octanol–water partition coefficient (Wildman–Crippen LogP) is 6.44. The number of rotatable bonds is 10. The summed E-state index contributed by atoms with van der Waals surface area (Å²) in [4.78, 5) is 32.1. The van der Waals surface area contributed by atoms with E-state index in [0.29, 0.717) is 29.9 Å². The molecule has 38 heavy (non-hydrogen) atoms. The minimum absolute atomic E-state index is 0.113. The molecule has 0 radical (unpaired) electrons. The van der Waals surface area contributed by atoms with Crippen LogP contribution < -0.4 is 9.64 Å². The Morgan fingerprint density at radius 3 is 2.58 bits per heavy atom. The number of nitrogens with zero attached hydrogens (tertiary/aromatic N) is 2. The molecule has 3 rings (SSSR count). The Labute approximate surface area is 239 Å². The average Bonchev–Trinajstić information content (AvgIpc) is 3.39. The van der Waals surface area contributed by atoms with E-state index in [1.165, 1.54) is 35.7 Å². The second kappa shape index (κ2) is 12.5. The van der Waals surface area contributed by atoms with E-state index in [4.69, 9.17) is 23.7 Å². The summed E-state index contributed by atoms with van der Waals surface area (Å²) >= 11 is 3.22. The maximum Gasteiger partial charge on any atom is 0.416 e. The summed E-state index contributed by atoms with van der Waals surface area (Å²) in [6.45, 7) is 9.29. The minimum atomic E-state index is -0.776. The zero-order valence-corrected chi connectivity index (χ0v) is 25.2. The highest BCUT2D eigenvalue weighted by atomic mass is 127. The number of thiazole rings is 1. The topological polar surface area (TPSA) is 96.4 Å². The van der Waals surface area contributed by atoms with Crippen LogP contribution in [0.3, 0.4) is 0 Å². The molecule has 2 aromatic rings. The van der Waals surface area contributed by atoms with Gasteiger partial charge in [-0.05, 0) is 74.4 Å². The highest BCUT2D eigenvalue weighted by Crippen LogP contribution is 2.32. The molecule has 0 saturated heterocycles. The Bertz CT molecular complexity index is 1190. The maximum absolute atomic E-state index is 14.1. The fourth-order valence-electron chi connectivity index (χ4n) is 3.37. The molecule has 0 unspecified atom stereocenters. The number of hydrogen-bond donors (Lipinski definition) is 0. The van der Waals surface area contributed by atoms with Gasteiger partial charge in [-0.2, -0.15) is 0 Å². The summed E-state index contributed by atoms with van der Waals surface area (Å²) in [5.74, 6) is -1.09. The molecule has 0 fully saturated rings. The first-order chi connectivity index (χ1) is 17.8. The van der Waals surface area contributed by atoms with Gasteiger partial charge in [0.2, 0.25) is 5.79 Å². The summed E-state index contributed by atoms with van der Waals surface area (Å²) in [7, 11) is 1.27. The highest BCUT2D eigenvalue weighted by Gasteiger charge is 2.31.